The van der Waals surface area contributed by atoms with E-state index in [1.54, 1.807) is 36.3 Å². The molecule has 0 radical (unpaired) electrons. The maximum Gasteiger partial charge on any atom is 0.332 e. The highest BCUT2D eigenvalue weighted by Gasteiger charge is 2.53. The molecule has 222 valence electrons. The van der Waals surface area contributed by atoms with E-state index < -0.39 is 18.1 Å². The molecular formula is C35H38N4O4. The zero-order valence-corrected chi connectivity index (χ0v) is 25.1. The Labute approximate surface area is 252 Å². The van der Waals surface area contributed by atoms with Crippen LogP contribution in [0.3, 0.4) is 0 Å². The molecule has 1 saturated heterocycles. The molecular weight excluding hydrogens is 540 g/mol. The molecule has 3 heterocycles. The molecule has 0 spiro atoms. The first-order chi connectivity index (χ1) is 20.8. The SMILES string of the molecule is COc1cccc([C@@H]2c3[nH]c4ccccc4c3C[C@H]3C(=O)N(c4ccccc4C(=O)N[C@H](C)CCCC(C)C)C(=O)N23)c1. The van der Waals surface area contributed by atoms with Gasteiger partial charge in [-0.2, -0.15) is 0 Å². The Morgan fingerprint density at radius 2 is 1.77 bits per heavy atom. The second kappa shape index (κ2) is 11.6. The third kappa shape index (κ3) is 5.15. The molecule has 3 aromatic carbocycles. The largest absolute Gasteiger partial charge is 0.497 e. The van der Waals surface area contributed by atoms with Crippen LogP contribution in [-0.4, -0.2) is 46.9 Å². The predicted octanol–water partition coefficient (Wildman–Crippen LogP) is 6.60. The number of carbonyl (C=O) groups is 3. The second-order valence-corrected chi connectivity index (χ2v) is 12.0. The maximum atomic E-state index is 14.4. The Balaban J connectivity index is 1.37. The molecule has 1 fully saturated rings. The van der Waals surface area contributed by atoms with Gasteiger partial charge in [-0.3, -0.25) is 14.5 Å². The van der Waals surface area contributed by atoms with E-state index in [0.717, 1.165) is 47.0 Å². The van der Waals surface area contributed by atoms with Gasteiger partial charge in [0, 0.05) is 29.1 Å². The minimum atomic E-state index is -0.721. The molecule has 43 heavy (non-hydrogen) atoms. The molecule has 2 aliphatic heterocycles. The number of H-pyrrole nitrogens is 1. The van der Waals surface area contributed by atoms with E-state index in [0.29, 0.717) is 29.3 Å². The third-order valence-corrected chi connectivity index (χ3v) is 8.64. The van der Waals surface area contributed by atoms with Crippen molar-refractivity contribution in [1.29, 1.82) is 0 Å². The van der Waals surface area contributed by atoms with E-state index in [-0.39, 0.29) is 17.9 Å². The van der Waals surface area contributed by atoms with Gasteiger partial charge in [0.05, 0.1) is 18.4 Å². The monoisotopic (exact) mass is 578 g/mol. The van der Waals surface area contributed by atoms with Crippen LogP contribution < -0.4 is 15.0 Å². The number of hydrogen-bond acceptors (Lipinski definition) is 4. The van der Waals surface area contributed by atoms with Gasteiger partial charge in [-0.25, -0.2) is 9.69 Å². The van der Waals surface area contributed by atoms with Crippen molar-refractivity contribution < 1.29 is 19.1 Å². The average molecular weight is 579 g/mol. The quantitative estimate of drug-likeness (QED) is 0.219. The number of benzene rings is 3. The van der Waals surface area contributed by atoms with Gasteiger partial charge >= 0.3 is 6.03 Å². The Morgan fingerprint density at radius 1 is 1.00 bits per heavy atom. The van der Waals surface area contributed by atoms with Crippen LogP contribution >= 0.6 is 0 Å². The highest BCUT2D eigenvalue weighted by atomic mass is 16.5. The van der Waals surface area contributed by atoms with Gasteiger partial charge in [-0.15, -0.1) is 0 Å². The van der Waals surface area contributed by atoms with Crippen LogP contribution in [0.4, 0.5) is 10.5 Å². The van der Waals surface area contributed by atoms with Crippen LogP contribution in [0.1, 0.15) is 73.3 Å². The number of methoxy groups -OCH3 is 1. The third-order valence-electron chi connectivity index (χ3n) is 8.64. The molecule has 8 heteroatoms. The van der Waals surface area contributed by atoms with Gasteiger partial charge < -0.3 is 15.0 Å². The summed E-state index contributed by atoms with van der Waals surface area (Å²) < 4.78 is 5.52. The minimum Gasteiger partial charge on any atom is -0.497 e. The summed E-state index contributed by atoms with van der Waals surface area (Å²) in [7, 11) is 1.61. The number of nitrogens with one attached hydrogen (secondary N) is 2. The number of rotatable bonds is 9. The molecule has 0 bridgehead atoms. The number of nitrogens with zero attached hydrogens (tertiary/aromatic N) is 2. The zero-order valence-electron chi connectivity index (χ0n) is 25.1. The van der Waals surface area contributed by atoms with Crippen LogP contribution in [0.2, 0.25) is 0 Å². The number of urea groups is 1. The van der Waals surface area contributed by atoms with Crippen molar-refractivity contribution in [2.75, 3.05) is 12.0 Å². The lowest BCUT2D eigenvalue weighted by atomic mass is 9.89. The predicted molar refractivity (Wildman–Crippen MR) is 167 cm³/mol. The number of aromatic nitrogens is 1. The smallest absolute Gasteiger partial charge is 0.332 e. The number of ether oxygens (including phenoxy) is 1. The Bertz CT molecular complexity index is 1690. The summed E-state index contributed by atoms with van der Waals surface area (Å²) in [6.45, 7) is 6.37. The van der Waals surface area contributed by atoms with E-state index >= 15 is 0 Å². The van der Waals surface area contributed by atoms with Gasteiger partial charge in [0.15, 0.2) is 0 Å². The van der Waals surface area contributed by atoms with Crippen LogP contribution in [0, 0.1) is 5.92 Å². The number of hydrogen-bond donors (Lipinski definition) is 2. The summed E-state index contributed by atoms with van der Waals surface area (Å²) >= 11 is 0. The van der Waals surface area contributed by atoms with Crippen molar-refractivity contribution in [2.45, 2.75) is 64.6 Å². The summed E-state index contributed by atoms with van der Waals surface area (Å²) in [6, 6.07) is 20.7. The van der Waals surface area contributed by atoms with Crippen LogP contribution in [0.25, 0.3) is 10.9 Å². The lowest BCUT2D eigenvalue weighted by molar-refractivity contribution is -0.120. The first-order valence-electron chi connectivity index (χ1n) is 15.1. The summed E-state index contributed by atoms with van der Waals surface area (Å²) in [5.41, 5.74) is 4.31. The molecule has 8 nitrogen and oxygen atoms in total. The average Bonchev–Trinajstić information content (AvgIpc) is 3.49. The molecule has 0 unspecified atom stereocenters. The Kier molecular flexibility index (Phi) is 7.69. The number of anilines is 1. The van der Waals surface area contributed by atoms with E-state index in [1.807, 2.05) is 55.5 Å². The van der Waals surface area contributed by atoms with Crippen molar-refractivity contribution >= 4 is 34.4 Å². The molecule has 0 aliphatic carbocycles. The topological polar surface area (TPSA) is 94.7 Å². The van der Waals surface area contributed by atoms with E-state index in [9.17, 15) is 14.4 Å². The van der Waals surface area contributed by atoms with Crippen LogP contribution in [0.5, 0.6) is 5.75 Å². The summed E-state index contributed by atoms with van der Waals surface area (Å²) in [4.78, 5) is 48.5. The van der Waals surface area contributed by atoms with Crippen LogP contribution in [-0.2, 0) is 11.2 Å². The van der Waals surface area contributed by atoms with E-state index in [4.69, 9.17) is 4.74 Å². The molecule has 6 rings (SSSR count). The molecule has 4 amide bonds. The normalized spacial score (nSPS) is 18.6. The molecule has 4 aromatic rings. The van der Waals surface area contributed by atoms with Crippen molar-refractivity contribution in [3.05, 3.63) is 95.2 Å². The fraction of sp³-hybridized carbons (Fsp3) is 0.343. The second-order valence-electron chi connectivity index (χ2n) is 12.0. The maximum absolute atomic E-state index is 14.4. The van der Waals surface area contributed by atoms with Gasteiger partial charge in [0.25, 0.3) is 11.8 Å². The number of imide groups is 1. The Hall–Kier alpha value is -4.59. The summed E-state index contributed by atoms with van der Waals surface area (Å²) in [5, 5.41) is 4.12. The van der Waals surface area contributed by atoms with Gasteiger partial charge in [0.1, 0.15) is 17.8 Å². The number of para-hydroxylation sites is 2. The van der Waals surface area contributed by atoms with Crippen molar-refractivity contribution in [2.24, 2.45) is 5.92 Å². The highest BCUT2D eigenvalue weighted by molar-refractivity contribution is 6.24. The van der Waals surface area contributed by atoms with Gasteiger partial charge in [-0.1, -0.05) is 69.2 Å². The van der Waals surface area contributed by atoms with Crippen molar-refractivity contribution in [3.8, 4) is 5.75 Å². The van der Waals surface area contributed by atoms with Crippen molar-refractivity contribution in [1.82, 2.24) is 15.2 Å². The summed E-state index contributed by atoms with van der Waals surface area (Å²) in [5.74, 6) is 0.643. The molecule has 3 atom stereocenters. The Morgan fingerprint density at radius 3 is 2.56 bits per heavy atom. The number of fused-ring (bicyclic) bond motifs is 4. The first-order valence-corrected chi connectivity index (χ1v) is 15.1. The molecule has 1 aromatic heterocycles. The molecule has 2 N–H and O–H groups in total. The van der Waals surface area contributed by atoms with Crippen LogP contribution in [0.15, 0.2) is 72.8 Å². The van der Waals surface area contributed by atoms with E-state index in [2.05, 4.69) is 24.1 Å². The summed E-state index contributed by atoms with van der Waals surface area (Å²) in [6.07, 6.45) is 3.34. The number of aromatic amines is 1. The lowest BCUT2D eigenvalue weighted by Crippen LogP contribution is -2.44. The standard InChI is InChI=1S/C35H38N4O4/c1-21(2)11-9-12-22(3)36-33(40)26-16-6-8-18-29(26)39-34(41)30-20-27-25-15-5-7-17-28(25)37-31(27)32(38(30)35(39)42)23-13-10-14-24(19-23)43-4/h5-8,10,13-19,21-22,30,32,37H,9,11-12,20H2,1-4H3,(H,36,40)/t22-,30+,32-/m1/s1. The fourth-order valence-electron chi connectivity index (χ4n) is 6.52. The first kappa shape index (κ1) is 28.5. The molecule has 0 saturated carbocycles. The van der Waals surface area contributed by atoms with Gasteiger partial charge in [-0.05, 0) is 60.7 Å². The zero-order chi connectivity index (χ0) is 30.2. The fourth-order valence-corrected chi connectivity index (χ4v) is 6.52. The minimum absolute atomic E-state index is 0.0358. The van der Waals surface area contributed by atoms with Gasteiger partial charge in [0.2, 0.25) is 0 Å². The lowest BCUT2D eigenvalue weighted by Gasteiger charge is -2.36. The molecule has 2 aliphatic rings. The highest BCUT2D eigenvalue weighted by Crippen LogP contribution is 2.45. The van der Waals surface area contributed by atoms with Crippen molar-refractivity contribution in [3.63, 3.8) is 0 Å². The van der Waals surface area contributed by atoms with E-state index in [1.165, 1.54) is 4.90 Å². The number of carbonyl (C=O) groups excluding carboxylic acids is 3. The number of amides is 4.